The topological polar surface area (TPSA) is 12.0 Å². The van der Waals surface area contributed by atoms with Crippen LogP contribution < -0.4 is 5.32 Å². The second-order valence-corrected chi connectivity index (χ2v) is 6.80. The molecule has 1 N–H and O–H groups in total. The van der Waals surface area contributed by atoms with Gasteiger partial charge in [0.1, 0.15) is 0 Å². The minimum absolute atomic E-state index is 0.334. The number of hydrogen-bond acceptors (Lipinski definition) is 2. The van der Waals surface area contributed by atoms with E-state index in [1.54, 1.807) is 11.8 Å². The van der Waals surface area contributed by atoms with E-state index in [1.165, 1.54) is 16.0 Å². The van der Waals surface area contributed by atoms with Gasteiger partial charge in [-0.15, -0.1) is 0 Å². The van der Waals surface area contributed by atoms with Crippen LogP contribution in [0.4, 0.5) is 0 Å². The normalized spacial score (nSPS) is 12.4. The van der Waals surface area contributed by atoms with E-state index in [0.29, 0.717) is 6.04 Å². The number of aryl methyl sites for hydroxylation is 1. The summed E-state index contributed by atoms with van der Waals surface area (Å²) in [6.07, 6.45) is 1.14. The third kappa shape index (κ3) is 4.77. The Balaban J connectivity index is 2.10. The molecule has 2 aromatic rings. The van der Waals surface area contributed by atoms with E-state index in [9.17, 15) is 0 Å². The first-order chi connectivity index (χ1) is 10.1. The molecule has 0 spiro atoms. The van der Waals surface area contributed by atoms with Gasteiger partial charge < -0.3 is 5.32 Å². The van der Waals surface area contributed by atoms with E-state index in [4.69, 9.17) is 11.6 Å². The van der Waals surface area contributed by atoms with Crippen molar-refractivity contribution in [1.29, 1.82) is 0 Å². The van der Waals surface area contributed by atoms with E-state index in [0.717, 1.165) is 22.9 Å². The lowest BCUT2D eigenvalue weighted by molar-refractivity contribution is 0.570. The van der Waals surface area contributed by atoms with E-state index in [-0.39, 0.29) is 0 Å². The quantitative estimate of drug-likeness (QED) is 0.715. The van der Waals surface area contributed by atoms with Gasteiger partial charge in [0.15, 0.2) is 0 Å². The van der Waals surface area contributed by atoms with Crippen molar-refractivity contribution in [3.05, 3.63) is 58.6 Å². The van der Waals surface area contributed by atoms with E-state index < -0.39 is 0 Å². The monoisotopic (exact) mass is 319 g/mol. The molecule has 0 fully saturated rings. The van der Waals surface area contributed by atoms with Crippen molar-refractivity contribution in [2.24, 2.45) is 0 Å². The number of halogens is 1. The standard InChI is InChI=1S/C18H22ClNS/c1-4-11-20-14(3)15-7-10-18(17(19)12-15)21-16-8-5-13(2)6-9-16/h5-10,12,14,20H,4,11H2,1-3H3. The van der Waals surface area contributed by atoms with Crippen LogP contribution in [0.5, 0.6) is 0 Å². The summed E-state index contributed by atoms with van der Waals surface area (Å²) in [6, 6.07) is 15.2. The predicted molar refractivity (Wildman–Crippen MR) is 93.5 cm³/mol. The maximum Gasteiger partial charge on any atom is 0.0548 e. The molecule has 1 unspecified atom stereocenters. The number of rotatable bonds is 6. The van der Waals surface area contributed by atoms with Crippen molar-refractivity contribution in [1.82, 2.24) is 5.32 Å². The summed E-state index contributed by atoms with van der Waals surface area (Å²) in [7, 11) is 0. The van der Waals surface area contributed by atoms with Crippen LogP contribution in [-0.4, -0.2) is 6.54 Å². The first-order valence-corrected chi connectivity index (χ1v) is 8.57. The Morgan fingerprint density at radius 1 is 1.14 bits per heavy atom. The van der Waals surface area contributed by atoms with Crippen LogP contribution in [0.2, 0.25) is 5.02 Å². The van der Waals surface area contributed by atoms with Gasteiger partial charge in [0.25, 0.3) is 0 Å². The zero-order valence-electron chi connectivity index (χ0n) is 12.8. The SMILES string of the molecule is CCCNC(C)c1ccc(Sc2ccc(C)cc2)c(Cl)c1. The highest BCUT2D eigenvalue weighted by atomic mass is 35.5. The third-order valence-electron chi connectivity index (χ3n) is 3.41. The smallest absolute Gasteiger partial charge is 0.0548 e. The fraction of sp³-hybridized carbons (Fsp3) is 0.333. The Bertz CT molecular complexity index is 580. The van der Waals surface area contributed by atoms with Gasteiger partial charge in [-0.3, -0.25) is 0 Å². The molecule has 3 heteroatoms. The largest absolute Gasteiger partial charge is 0.310 e. The van der Waals surface area contributed by atoms with Crippen molar-refractivity contribution < 1.29 is 0 Å². The average Bonchev–Trinajstić information content (AvgIpc) is 2.49. The summed E-state index contributed by atoms with van der Waals surface area (Å²) in [5.74, 6) is 0. The van der Waals surface area contributed by atoms with Gasteiger partial charge in [-0.25, -0.2) is 0 Å². The summed E-state index contributed by atoms with van der Waals surface area (Å²) in [4.78, 5) is 2.32. The summed E-state index contributed by atoms with van der Waals surface area (Å²) >= 11 is 8.15. The van der Waals surface area contributed by atoms with Crippen LogP contribution in [-0.2, 0) is 0 Å². The molecule has 0 aliphatic rings. The van der Waals surface area contributed by atoms with Crippen LogP contribution in [0.1, 0.15) is 37.4 Å². The first kappa shape index (κ1) is 16.4. The Morgan fingerprint density at radius 3 is 2.48 bits per heavy atom. The summed E-state index contributed by atoms with van der Waals surface area (Å²) in [5, 5.41) is 4.31. The van der Waals surface area contributed by atoms with Gasteiger partial charge >= 0.3 is 0 Å². The highest BCUT2D eigenvalue weighted by molar-refractivity contribution is 7.99. The summed E-state index contributed by atoms with van der Waals surface area (Å²) in [5.41, 5.74) is 2.51. The van der Waals surface area contributed by atoms with Gasteiger partial charge in [0.2, 0.25) is 0 Å². The number of benzene rings is 2. The van der Waals surface area contributed by atoms with Crippen LogP contribution in [0.3, 0.4) is 0 Å². The van der Waals surface area contributed by atoms with Crippen LogP contribution in [0.25, 0.3) is 0 Å². The molecule has 1 nitrogen and oxygen atoms in total. The number of hydrogen-bond donors (Lipinski definition) is 1. The molecule has 2 aromatic carbocycles. The van der Waals surface area contributed by atoms with Crippen molar-refractivity contribution in [2.75, 3.05) is 6.54 Å². The molecule has 1 atom stereocenters. The second-order valence-electron chi connectivity index (χ2n) is 5.28. The van der Waals surface area contributed by atoms with Gasteiger partial charge in [-0.05, 0) is 56.6 Å². The van der Waals surface area contributed by atoms with Gasteiger partial charge in [-0.1, -0.05) is 54.0 Å². The molecule has 0 aliphatic carbocycles. The highest BCUT2D eigenvalue weighted by Crippen LogP contribution is 2.34. The van der Waals surface area contributed by atoms with Crippen molar-refractivity contribution >= 4 is 23.4 Å². The molecule has 0 radical (unpaired) electrons. The lowest BCUT2D eigenvalue weighted by Crippen LogP contribution is -2.19. The molecule has 21 heavy (non-hydrogen) atoms. The minimum Gasteiger partial charge on any atom is -0.310 e. The lowest BCUT2D eigenvalue weighted by Gasteiger charge is -2.15. The molecule has 0 bridgehead atoms. The van der Waals surface area contributed by atoms with E-state index in [2.05, 4.69) is 68.6 Å². The lowest BCUT2D eigenvalue weighted by atomic mass is 10.1. The van der Waals surface area contributed by atoms with Crippen molar-refractivity contribution in [3.63, 3.8) is 0 Å². The summed E-state index contributed by atoms with van der Waals surface area (Å²) < 4.78 is 0. The predicted octanol–water partition coefficient (Wildman–Crippen LogP) is 5.86. The minimum atomic E-state index is 0.334. The molecule has 0 saturated heterocycles. The van der Waals surface area contributed by atoms with Crippen molar-refractivity contribution in [3.8, 4) is 0 Å². The molecular formula is C18H22ClNS. The van der Waals surface area contributed by atoms with Crippen molar-refractivity contribution in [2.45, 2.75) is 43.0 Å². The Labute approximate surface area is 137 Å². The van der Waals surface area contributed by atoms with Crippen LogP contribution in [0, 0.1) is 6.92 Å². The fourth-order valence-electron chi connectivity index (χ4n) is 2.08. The van der Waals surface area contributed by atoms with Gasteiger partial charge in [-0.2, -0.15) is 0 Å². The van der Waals surface area contributed by atoms with Gasteiger partial charge in [0, 0.05) is 15.8 Å². The molecule has 0 heterocycles. The molecule has 112 valence electrons. The average molecular weight is 320 g/mol. The fourth-order valence-corrected chi connectivity index (χ4v) is 3.20. The highest BCUT2D eigenvalue weighted by Gasteiger charge is 2.08. The Kier molecular flexibility index (Phi) is 6.16. The zero-order valence-corrected chi connectivity index (χ0v) is 14.4. The third-order valence-corrected chi connectivity index (χ3v) is 4.91. The second kappa shape index (κ2) is 7.88. The first-order valence-electron chi connectivity index (χ1n) is 7.37. The van der Waals surface area contributed by atoms with E-state index >= 15 is 0 Å². The van der Waals surface area contributed by atoms with Crippen LogP contribution >= 0.6 is 23.4 Å². The maximum absolute atomic E-state index is 6.44. The maximum atomic E-state index is 6.44. The molecule has 0 aromatic heterocycles. The Morgan fingerprint density at radius 2 is 1.86 bits per heavy atom. The molecule has 0 aliphatic heterocycles. The molecular weight excluding hydrogens is 298 g/mol. The molecule has 2 rings (SSSR count). The molecule has 0 saturated carbocycles. The van der Waals surface area contributed by atoms with Gasteiger partial charge in [0.05, 0.1) is 5.02 Å². The number of nitrogens with one attached hydrogen (secondary N) is 1. The Hall–Kier alpha value is -0.960. The molecule has 0 amide bonds. The van der Waals surface area contributed by atoms with E-state index in [1.807, 2.05) is 0 Å². The zero-order chi connectivity index (χ0) is 15.2. The van der Waals surface area contributed by atoms with Crippen LogP contribution in [0.15, 0.2) is 52.3 Å². The summed E-state index contributed by atoms with van der Waals surface area (Å²) in [6.45, 7) is 7.47.